The van der Waals surface area contributed by atoms with E-state index in [4.69, 9.17) is 0 Å². The van der Waals surface area contributed by atoms with E-state index in [1.165, 1.54) is 116 Å². The van der Waals surface area contributed by atoms with Gasteiger partial charge in [-0.1, -0.05) is 88.5 Å². The molecule has 0 unspecified atom stereocenters. The Morgan fingerprint density at radius 1 is 0.227 bits per heavy atom. The third kappa shape index (κ3) is 14.4. The van der Waals surface area contributed by atoms with Gasteiger partial charge in [0, 0.05) is 0 Å². The number of hydrogen-bond acceptors (Lipinski definition) is 0. The summed E-state index contributed by atoms with van der Waals surface area (Å²) < 4.78 is 0. The summed E-state index contributed by atoms with van der Waals surface area (Å²) >= 11 is 0. The Morgan fingerprint density at radius 3 is 0.636 bits per heavy atom. The lowest BCUT2D eigenvalue weighted by atomic mass is 10.0. The summed E-state index contributed by atoms with van der Waals surface area (Å²) in [6.07, 6.45) is 35.0. The van der Waals surface area contributed by atoms with E-state index in [1.807, 2.05) is 0 Å². The lowest BCUT2D eigenvalue weighted by molar-refractivity contribution is 0.578. The van der Waals surface area contributed by atoms with Gasteiger partial charge in [0.15, 0.2) is 0 Å². The Bertz CT molecular complexity index is 209. The minimum absolute atomic E-state index is 1.31. The van der Waals surface area contributed by atoms with Crippen molar-refractivity contribution in [2.45, 2.75) is 116 Å². The molecule has 1 aliphatic rings. The minimum atomic E-state index is 1.31. The van der Waals surface area contributed by atoms with Crippen LogP contribution in [0.5, 0.6) is 0 Å². The van der Waals surface area contributed by atoms with E-state index in [1.54, 1.807) is 0 Å². The van der Waals surface area contributed by atoms with E-state index in [0.717, 1.165) is 0 Å². The number of hydrogen-bond donors (Lipinski definition) is 0. The third-order valence-electron chi connectivity index (χ3n) is 4.82. The van der Waals surface area contributed by atoms with Gasteiger partial charge in [-0.25, -0.2) is 0 Å². The third-order valence-corrected chi connectivity index (χ3v) is 4.82. The Hall–Kier alpha value is -0.520. The summed E-state index contributed by atoms with van der Waals surface area (Å²) in [4.78, 5) is 0. The van der Waals surface area contributed by atoms with Crippen LogP contribution in [0.25, 0.3) is 0 Å². The molecule has 0 atom stereocenters. The van der Waals surface area contributed by atoms with E-state index in [-0.39, 0.29) is 0 Å². The molecule has 0 saturated heterocycles. The zero-order valence-corrected chi connectivity index (χ0v) is 15.0. The van der Waals surface area contributed by atoms with E-state index >= 15 is 0 Å². The van der Waals surface area contributed by atoms with Crippen LogP contribution in [0.15, 0.2) is 24.3 Å². The molecule has 0 heteroatoms. The van der Waals surface area contributed by atoms with Crippen molar-refractivity contribution in [1.29, 1.82) is 0 Å². The predicted octanol–water partition coefficient (Wildman–Crippen LogP) is 8.13. The van der Waals surface area contributed by atoms with Crippen LogP contribution in [0.2, 0.25) is 0 Å². The normalized spacial score (nSPS) is 25.5. The van der Waals surface area contributed by atoms with Crippen molar-refractivity contribution in [1.82, 2.24) is 0 Å². The second-order valence-corrected chi connectivity index (χ2v) is 7.05. The van der Waals surface area contributed by atoms with E-state index in [9.17, 15) is 0 Å². The van der Waals surface area contributed by atoms with Crippen LogP contribution in [0, 0.1) is 0 Å². The molecule has 0 N–H and O–H groups in total. The van der Waals surface area contributed by atoms with Crippen LogP contribution in [-0.4, -0.2) is 0 Å². The molecule has 0 fully saturated rings. The highest BCUT2D eigenvalue weighted by Gasteiger charge is 1.93. The summed E-state index contributed by atoms with van der Waals surface area (Å²) in [7, 11) is 0. The summed E-state index contributed by atoms with van der Waals surface area (Å²) in [5, 5.41) is 0. The first-order chi connectivity index (χ1) is 11.0. The van der Waals surface area contributed by atoms with E-state index in [0.29, 0.717) is 0 Å². The molecule has 128 valence electrons. The van der Waals surface area contributed by atoms with Gasteiger partial charge in [-0.05, 0) is 51.4 Å². The van der Waals surface area contributed by atoms with Crippen molar-refractivity contribution in [2.24, 2.45) is 0 Å². The average molecular weight is 305 g/mol. The predicted molar refractivity (Wildman–Crippen MR) is 101 cm³/mol. The highest BCUT2D eigenvalue weighted by molar-refractivity contribution is 4.82. The highest BCUT2D eigenvalue weighted by Crippen LogP contribution is 2.13. The van der Waals surface area contributed by atoms with Gasteiger partial charge in [0.2, 0.25) is 0 Å². The van der Waals surface area contributed by atoms with Gasteiger partial charge in [0.05, 0.1) is 0 Å². The molecular formula is C22H40. The zero-order valence-electron chi connectivity index (χ0n) is 15.0. The summed E-state index contributed by atoms with van der Waals surface area (Å²) in [5.41, 5.74) is 0. The molecule has 0 aromatic carbocycles. The van der Waals surface area contributed by atoms with Crippen LogP contribution in [0.4, 0.5) is 0 Å². The first-order valence-corrected chi connectivity index (χ1v) is 10.3. The van der Waals surface area contributed by atoms with Crippen molar-refractivity contribution in [3.05, 3.63) is 24.3 Å². The Kier molecular flexibility index (Phi) is 15.0. The molecule has 1 rings (SSSR count). The maximum absolute atomic E-state index is 2.43. The molecule has 0 amide bonds. The monoisotopic (exact) mass is 304 g/mol. The summed E-state index contributed by atoms with van der Waals surface area (Å²) in [5.74, 6) is 0. The molecule has 0 spiro atoms. The van der Waals surface area contributed by atoms with Crippen molar-refractivity contribution in [3.63, 3.8) is 0 Å². The zero-order chi connectivity index (χ0) is 15.6. The maximum Gasteiger partial charge on any atom is -0.0351 e. The molecule has 0 saturated carbocycles. The fraction of sp³-hybridized carbons (Fsp3) is 0.818. The van der Waals surface area contributed by atoms with Gasteiger partial charge >= 0.3 is 0 Å². The minimum Gasteiger partial charge on any atom is -0.0885 e. The van der Waals surface area contributed by atoms with Crippen LogP contribution in [-0.2, 0) is 0 Å². The standard InChI is InChI=1S/C22H40/c1-2-4-6-8-10-12-14-16-18-20-22-21-19-17-15-13-11-9-7-5-3-1/h1-2,21-22H,3-20H2/b2-1+,22-21+. The molecule has 22 heavy (non-hydrogen) atoms. The van der Waals surface area contributed by atoms with Crippen molar-refractivity contribution >= 4 is 0 Å². The molecule has 0 bridgehead atoms. The SMILES string of the molecule is C1=C/CCCCCCCCC/C=C/CCCCCCCCC/1. The second-order valence-electron chi connectivity index (χ2n) is 7.05. The summed E-state index contributed by atoms with van der Waals surface area (Å²) in [6.45, 7) is 0. The van der Waals surface area contributed by atoms with Gasteiger partial charge < -0.3 is 0 Å². The summed E-state index contributed by atoms with van der Waals surface area (Å²) in [6, 6.07) is 0. The first kappa shape index (κ1) is 19.5. The molecule has 0 heterocycles. The lowest BCUT2D eigenvalue weighted by Gasteiger charge is -2.02. The topological polar surface area (TPSA) is 0 Å². The Morgan fingerprint density at radius 2 is 0.409 bits per heavy atom. The fourth-order valence-corrected chi connectivity index (χ4v) is 3.29. The molecular weight excluding hydrogens is 264 g/mol. The quantitative estimate of drug-likeness (QED) is 0.396. The number of rotatable bonds is 0. The maximum atomic E-state index is 2.43. The average Bonchev–Trinajstić information content (AvgIpc) is 2.53. The van der Waals surface area contributed by atoms with Crippen LogP contribution in [0.3, 0.4) is 0 Å². The molecule has 0 aromatic rings. The smallest absolute Gasteiger partial charge is 0.0351 e. The highest BCUT2D eigenvalue weighted by atomic mass is 14.0. The van der Waals surface area contributed by atoms with Gasteiger partial charge in [-0.15, -0.1) is 0 Å². The van der Waals surface area contributed by atoms with Crippen molar-refractivity contribution in [3.8, 4) is 0 Å². The lowest BCUT2D eigenvalue weighted by Crippen LogP contribution is -1.82. The van der Waals surface area contributed by atoms with Crippen LogP contribution < -0.4 is 0 Å². The van der Waals surface area contributed by atoms with Gasteiger partial charge in [0.25, 0.3) is 0 Å². The molecule has 0 nitrogen and oxygen atoms in total. The van der Waals surface area contributed by atoms with Crippen molar-refractivity contribution < 1.29 is 0 Å². The Balaban J connectivity index is 2.10. The second kappa shape index (κ2) is 16.8. The molecule has 0 aliphatic heterocycles. The number of allylic oxidation sites excluding steroid dienone is 4. The molecule has 1 aliphatic carbocycles. The van der Waals surface area contributed by atoms with Crippen molar-refractivity contribution in [2.75, 3.05) is 0 Å². The van der Waals surface area contributed by atoms with E-state index in [2.05, 4.69) is 24.3 Å². The molecule has 0 aromatic heterocycles. The van der Waals surface area contributed by atoms with E-state index < -0.39 is 0 Å². The van der Waals surface area contributed by atoms with Gasteiger partial charge in [-0.2, -0.15) is 0 Å². The van der Waals surface area contributed by atoms with Gasteiger partial charge in [0.1, 0.15) is 0 Å². The van der Waals surface area contributed by atoms with Gasteiger partial charge in [-0.3, -0.25) is 0 Å². The first-order valence-electron chi connectivity index (χ1n) is 10.3. The fourth-order valence-electron chi connectivity index (χ4n) is 3.29. The largest absolute Gasteiger partial charge is 0.0885 e. The van der Waals surface area contributed by atoms with Crippen LogP contribution in [0.1, 0.15) is 116 Å². The Labute approximate surface area is 140 Å². The molecule has 0 radical (unpaired) electrons. The van der Waals surface area contributed by atoms with Crippen LogP contribution >= 0.6 is 0 Å².